The van der Waals surface area contributed by atoms with Crippen molar-refractivity contribution in [1.29, 1.82) is 0 Å². The van der Waals surface area contributed by atoms with Crippen LogP contribution in [0.2, 0.25) is 5.02 Å². The lowest BCUT2D eigenvalue weighted by molar-refractivity contribution is 0.0370. The van der Waals surface area contributed by atoms with Crippen molar-refractivity contribution in [2.75, 3.05) is 32.7 Å². The number of hydrogen-bond acceptors (Lipinski definition) is 3. The van der Waals surface area contributed by atoms with Crippen molar-refractivity contribution in [3.05, 3.63) is 34.6 Å². The van der Waals surface area contributed by atoms with Crippen LogP contribution in [0.25, 0.3) is 0 Å². The topological polar surface area (TPSA) is 26.7 Å². The third-order valence-electron chi connectivity index (χ3n) is 4.40. The lowest BCUT2D eigenvalue weighted by Gasteiger charge is -2.41. The Balaban J connectivity index is 1.90. The second-order valence-corrected chi connectivity index (χ2v) is 6.56. The summed E-state index contributed by atoms with van der Waals surface area (Å²) >= 11 is 6.09. The van der Waals surface area contributed by atoms with Crippen molar-refractivity contribution in [3.63, 3.8) is 0 Å². The van der Waals surface area contributed by atoms with Crippen molar-refractivity contribution < 1.29 is 9.50 Å². The molecule has 1 aromatic rings. The standard InChI is InChI=1S/C17H26ClFN2O/c1-3-14-12-20(9-10-21(14)11-13(2)22)8-7-15-16(18)5-4-6-17(15)19/h4-6,13-14,22H,3,7-12H2,1-2H3. The third kappa shape index (κ3) is 4.66. The van der Waals surface area contributed by atoms with Crippen molar-refractivity contribution in [1.82, 2.24) is 9.80 Å². The van der Waals surface area contributed by atoms with Crippen molar-refractivity contribution in [2.24, 2.45) is 0 Å². The Morgan fingerprint density at radius 1 is 1.41 bits per heavy atom. The van der Waals surface area contributed by atoms with Gasteiger partial charge in [-0.1, -0.05) is 24.6 Å². The van der Waals surface area contributed by atoms with Gasteiger partial charge in [0.15, 0.2) is 0 Å². The van der Waals surface area contributed by atoms with Gasteiger partial charge in [-0.25, -0.2) is 4.39 Å². The zero-order chi connectivity index (χ0) is 16.1. The maximum Gasteiger partial charge on any atom is 0.127 e. The second-order valence-electron chi connectivity index (χ2n) is 6.16. The van der Waals surface area contributed by atoms with Gasteiger partial charge in [-0.15, -0.1) is 0 Å². The summed E-state index contributed by atoms with van der Waals surface area (Å²) in [5, 5.41) is 10.1. The van der Waals surface area contributed by atoms with Gasteiger partial charge in [-0.2, -0.15) is 0 Å². The minimum absolute atomic E-state index is 0.215. The van der Waals surface area contributed by atoms with E-state index in [1.165, 1.54) is 6.07 Å². The van der Waals surface area contributed by atoms with E-state index in [9.17, 15) is 9.50 Å². The van der Waals surface area contributed by atoms with Crippen LogP contribution in [0.3, 0.4) is 0 Å². The first-order chi connectivity index (χ1) is 10.5. The summed E-state index contributed by atoms with van der Waals surface area (Å²) in [5.41, 5.74) is 0.614. The van der Waals surface area contributed by atoms with Crippen LogP contribution in [0, 0.1) is 5.82 Å². The van der Waals surface area contributed by atoms with E-state index in [0.29, 0.717) is 23.0 Å². The zero-order valence-electron chi connectivity index (χ0n) is 13.4. The normalized spacial score (nSPS) is 22.0. The molecule has 0 bridgehead atoms. The molecule has 1 saturated heterocycles. The first-order valence-corrected chi connectivity index (χ1v) is 8.46. The van der Waals surface area contributed by atoms with Crippen molar-refractivity contribution in [2.45, 2.75) is 38.8 Å². The molecule has 1 aliphatic rings. The van der Waals surface area contributed by atoms with Gasteiger partial charge in [-0.3, -0.25) is 4.90 Å². The van der Waals surface area contributed by atoms with E-state index in [1.807, 2.05) is 6.92 Å². The molecule has 0 spiro atoms. The molecule has 1 aliphatic heterocycles. The minimum atomic E-state index is -0.294. The van der Waals surface area contributed by atoms with E-state index < -0.39 is 0 Å². The Morgan fingerprint density at radius 2 is 2.18 bits per heavy atom. The SMILES string of the molecule is CCC1CN(CCc2c(F)cccc2Cl)CCN1CC(C)O. The number of nitrogens with zero attached hydrogens (tertiary/aromatic N) is 2. The second kappa shape index (κ2) is 8.25. The summed E-state index contributed by atoms with van der Waals surface area (Å²) in [7, 11) is 0. The highest BCUT2D eigenvalue weighted by Crippen LogP contribution is 2.20. The molecule has 0 saturated carbocycles. The predicted molar refractivity (Wildman–Crippen MR) is 88.9 cm³/mol. The van der Waals surface area contributed by atoms with Gasteiger partial charge in [0, 0.05) is 49.4 Å². The molecule has 5 heteroatoms. The largest absolute Gasteiger partial charge is 0.392 e. The summed E-state index contributed by atoms with van der Waals surface area (Å²) in [4.78, 5) is 4.73. The zero-order valence-corrected chi connectivity index (χ0v) is 14.2. The third-order valence-corrected chi connectivity index (χ3v) is 4.75. The van der Waals surface area contributed by atoms with Crippen LogP contribution in [0.5, 0.6) is 0 Å². The number of benzene rings is 1. The van der Waals surface area contributed by atoms with Gasteiger partial charge in [0.2, 0.25) is 0 Å². The van der Waals surface area contributed by atoms with Crippen LogP contribution in [0.15, 0.2) is 18.2 Å². The highest BCUT2D eigenvalue weighted by atomic mass is 35.5. The summed E-state index contributed by atoms with van der Waals surface area (Å²) in [6.45, 7) is 8.43. The van der Waals surface area contributed by atoms with Gasteiger partial charge >= 0.3 is 0 Å². The Bertz CT molecular complexity index is 463. The highest BCUT2D eigenvalue weighted by molar-refractivity contribution is 6.31. The predicted octanol–water partition coefficient (Wildman–Crippen LogP) is 2.80. The van der Waals surface area contributed by atoms with Gasteiger partial charge in [0.05, 0.1) is 6.10 Å². The Kier molecular flexibility index (Phi) is 6.63. The molecule has 2 atom stereocenters. The molecule has 2 unspecified atom stereocenters. The van der Waals surface area contributed by atoms with Gasteiger partial charge in [-0.05, 0) is 31.9 Å². The number of aliphatic hydroxyl groups excluding tert-OH is 1. The van der Waals surface area contributed by atoms with Gasteiger partial charge < -0.3 is 10.0 Å². The summed E-state index contributed by atoms with van der Waals surface area (Å²) in [6.07, 6.45) is 1.40. The molecular weight excluding hydrogens is 303 g/mol. The quantitative estimate of drug-likeness (QED) is 0.870. The van der Waals surface area contributed by atoms with E-state index in [0.717, 1.165) is 39.1 Å². The number of piperazine rings is 1. The van der Waals surface area contributed by atoms with E-state index in [1.54, 1.807) is 12.1 Å². The van der Waals surface area contributed by atoms with E-state index in [-0.39, 0.29) is 11.9 Å². The van der Waals surface area contributed by atoms with Crippen LogP contribution in [-0.2, 0) is 6.42 Å². The van der Waals surface area contributed by atoms with Crippen LogP contribution in [0.4, 0.5) is 4.39 Å². The van der Waals surface area contributed by atoms with Crippen molar-refractivity contribution >= 4 is 11.6 Å². The van der Waals surface area contributed by atoms with Gasteiger partial charge in [0.1, 0.15) is 5.82 Å². The first kappa shape index (κ1) is 17.7. The average molecular weight is 329 g/mol. The van der Waals surface area contributed by atoms with Gasteiger partial charge in [0.25, 0.3) is 0 Å². The van der Waals surface area contributed by atoms with E-state index in [4.69, 9.17) is 11.6 Å². The molecule has 1 fully saturated rings. The van der Waals surface area contributed by atoms with E-state index in [2.05, 4.69) is 16.7 Å². The summed E-state index contributed by atoms with van der Waals surface area (Å²) in [5.74, 6) is -0.215. The molecule has 0 amide bonds. The Labute approximate surface area is 137 Å². The van der Waals surface area contributed by atoms with Crippen LogP contribution >= 0.6 is 11.6 Å². The molecule has 1 heterocycles. The molecule has 1 N–H and O–H groups in total. The number of rotatable bonds is 6. The first-order valence-electron chi connectivity index (χ1n) is 8.08. The smallest absolute Gasteiger partial charge is 0.127 e. The average Bonchev–Trinajstić information content (AvgIpc) is 2.47. The van der Waals surface area contributed by atoms with E-state index >= 15 is 0 Å². The molecule has 1 aromatic carbocycles. The Hall–Kier alpha value is -0.680. The maximum absolute atomic E-state index is 13.8. The molecule has 3 nitrogen and oxygen atoms in total. The molecule has 22 heavy (non-hydrogen) atoms. The number of halogens is 2. The van der Waals surface area contributed by atoms with Crippen molar-refractivity contribution in [3.8, 4) is 0 Å². The lowest BCUT2D eigenvalue weighted by Crippen LogP contribution is -2.54. The number of β-amino-alcohol motifs (C(OH)–C–C–N with tert-alkyl or cyclic N) is 1. The fraction of sp³-hybridized carbons (Fsp3) is 0.647. The lowest BCUT2D eigenvalue weighted by atomic mass is 10.1. The molecular formula is C17H26ClFN2O. The molecule has 2 rings (SSSR count). The molecule has 0 radical (unpaired) electrons. The fourth-order valence-electron chi connectivity index (χ4n) is 3.17. The maximum atomic E-state index is 13.8. The summed E-state index contributed by atoms with van der Waals surface area (Å²) < 4.78 is 13.8. The molecule has 124 valence electrons. The van der Waals surface area contributed by atoms with Crippen LogP contribution in [0.1, 0.15) is 25.8 Å². The molecule has 0 aliphatic carbocycles. The highest BCUT2D eigenvalue weighted by Gasteiger charge is 2.26. The van der Waals surface area contributed by atoms with Crippen LogP contribution in [-0.4, -0.2) is 59.8 Å². The summed E-state index contributed by atoms with van der Waals surface area (Å²) in [6, 6.07) is 5.31. The monoisotopic (exact) mass is 328 g/mol. The Morgan fingerprint density at radius 3 is 2.82 bits per heavy atom. The fourth-order valence-corrected chi connectivity index (χ4v) is 3.43. The number of aliphatic hydroxyl groups is 1. The minimum Gasteiger partial charge on any atom is -0.392 e. The van der Waals surface area contributed by atoms with Crippen LogP contribution < -0.4 is 0 Å². The molecule has 0 aromatic heterocycles. The number of hydrogen-bond donors (Lipinski definition) is 1.